The highest BCUT2D eigenvalue weighted by Crippen LogP contribution is 2.20. The average molecular weight is 299 g/mol. The number of hydrogen-bond acceptors (Lipinski definition) is 3. The molecule has 2 aromatic carbocycles. The molecule has 1 unspecified atom stereocenters. The molecule has 0 saturated heterocycles. The summed E-state index contributed by atoms with van der Waals surface area (Å²) < 4.78 is 5.16. The molecule has 0 spiro atoms. The van der Waals surface area contributed by atoms with E-state index in [0.29, 0.717) is 11.3 Å². The van der Waals surface area contributed by atoms with Crippen molar-refractivity contribution in [3.05, 3.63) is 59.2 Å². The number of amides is 1. The molecule has 1 amide bonds. The summed E-state index contributed by atoms with van der Waals surface area (Å²) in [5, 5.41) is 12.0. The minimum atomic E-state index is -0.167. The lowest BCUT2D eigenvalue weighted by molar-refractivity contribution is 0.102. The van der Waals surface area contributed by atoms with Gasteiger partial charge in [0.25, 0.3) is 5.91 Å². The molecular weight excluding hydrogens is 278 g/mol. The highest BCUT2D eigenvalue weighted by Gasteiger charge is 2.11. The van der Waals surface area contributed by atoms with Crippen molar-refractivity contribution in [2.75, 3.05) is 19.0 Å². The third-order valence-electron chi connectivity index (χ3n) is 3.70. The zero-order chi connectivity index (χ0) is 16.1. The molecule has 0 aromatic heterocycles. The van der Waals surface area contributed by atoms with Gasteiger partial charge in [0.15, 0.2) is 0 Å². The number of hydrogen-bond donors (Lipinski definition) is 2. The lowest BCUT2D eigenvalue weighted by Gasteiger charge is -2.11. The van der Waals surface area contributed by atoms with E-state index in [0.717, 1.165) is 16.8 Å². The molecule has 0 heterocycles. The molecule has 116 valence electrons. The maximum atomic E-state index is 12.4. The molecule has 2 rings (SSSR count). The number of benzene rings is 2. The molecule has 2 N–H and O–H groups in total. The first-order valence-corrected chi connectivity index (χ1v) is 7.22. The number of aliphatic hydroxyl groups is 1. The first kappa shape index (κ1) is 16.0. The van der Waals surface area contributed by atoms with Crippen molar-refractivity contribution in [2.24, 2.45) is 0 Å². The molecule has 22 heavy (non-hydrogen) atoms. The van der Waals surface area contributed by atoms with Crippen molar-refractivity contribution in [3.63, 3.8) is 0 Å². The lowest BCUT2D eigenvalue weighted by Crippen LogP contribution is -2.13. The first-order chi connectivity index (χ1) is 10.5. The van der Waals surface area contributed by atoms with E-state index in [4.69, 9.17) is 9.84 Å². The second-order valence-electron chi connectivity index (χ2n) is 5.34. The van der Waals surface area contributed by atoms with Crippen LogP contribution in [0.25, 0.3) is 0 Å². The van der Waals surface area contributed by atoms with Gasteiger partial charge in [0.2, 0.25) is 0 Å². The molecule has 0 radical (unpaired) electrons. The number of methoxy groups -OCH3 is 1. The molecule has 4 heteroatoms. The van der Waals surface area contributed by atoms with Gasteiger partial charge in [-0.2, -0.15) is 0 Å². The fraction of sp³-hybridized carbons (Fsp3) is 0.278. The molecular formula is C18H21NO3. The number of anilines is 1. The van der Waals surface area contributed by atoms with E-state index in [1.54, 1.807) is 13.2 Å². The average Bonchev–Trinajstić information content (AvgIpc) is 2.55. The summed E-state index contributed by atoms with van der Waals surface area (Å²) >= 11 is 0. The second kappa shape index (κ2) is 7.09. The SMILES string of the molecule is COc1ccc(C)c(C(=O)Nc2ccc(C(C)CO)cc2)c1. The fourth-order valence-corrected chi connectivity index (χ4v) is 2.17. The predicted octanol–water partition coefficient (Wildman–Crippen LogP) is 3.35. The summed E-state index contributed by atoms with van der Waals surface area (Å²) in [7, 11) is 1.58. The number of nitrogens with one attached hydrogen (secondary N) is 1. The van der Waals surface area contributed by atoms with Crippen LogP contribution in [-0.2, 0) is 0 Å². The number of carbonyl (C=O) groups is 1. The third kappa shape index (κ3) is 3.65. The minimum Gasteiger partial charge on any atom is -0.497 e. The summed E-state index contributed by atoms with van der Waals surface area (Å²) in [5.74, 6) is 0.576. The number of rotatable bonds is 5. The molecule has 0 aliphatic carbocycles. The second-order valence-corrected chi connectivity index (χ2v) is 5.34. The smallest absolute Gasteiger partial charge is 0.256 e. The van der Waals surface area contributed by atoms with Gasteiger partial charge in [0.1, 0.15) is 5.75 Å². The molecule has 2 aromatic rings. The maximum Gasteiger partial charge on any atom is 0.256 e. The van der Waals surface area contributed by atoms with Gasteiger partial charge in [-0.1, -0.05) is 25.1 Å². The van der Waals surface area contributed by atoms with Gasteiger partial charge in [-0.3, -0.25) is 4.79 Å². The zero-order valence-electron chi connectivity index (χ0n) is 13.1. The topological polar surface area (TPSA) is 58.6 Å². The third-order valence-corrected chi connectivity index (χ3v) is 3.70. The van der Waals surface area contributed by atoms with Crippen LogP contribution < -0.4 is 10.1 Å². The summed E-state index contributed by atoms with van der Waals surface area (Å²) in [6.07, 6.45) is 0. The van der Waals surface area contributed by atoms with Crippen molar-refractivity contribution >= 4 is 11.6 Å². The van der Waals surface area contributed by atoms with Crippen LogP contribution in [0, 0.1) is 6.92 Å². The van der Waals surface area contributed by atoms with Crippen LogP contribution in [0.1, 0.15) is 34.3 Å². The van der Waals surface area contributed by atoms with Crippen LogP contribution in [0.3, 0.4) is 0 Å². The lowest BCUT2D eigenvalue weighted by atomic mass is 10.0. The summed E-state index contributed by atoms with van der Waals surface area (Å²) in [6, 6.07) is 12.9. The van der Waals surface area contributed by atoms with Crippen molar-refractivity contribution in [1.82, 2.24) is 0 Å². The molecule has 1 atom stereocenters. The summed E-state index contributed by atoms with van der Waals surface area (Å²) in [6.45, 7) is 3.95. The minimum absolute atomic E-state index is 0.0883. The first-order valence-electron chi connectivity index (χ1n) is 7.22. The van der Waals surface area contributed by atoms with Crippen LogP contribution >= 0.6 is 0 Å². The monoisotopic (exact) mass is 299 g/mol. The Balaban J connectivity index is 2.15. The summed E-state index contributed by atoms with van der Waals surface area (Å²) in [4.78, 5) is 12.4. The van der Waals surface area contributed by atoms with Crippen LogP contribution in [0.5, 0.6) is 5.75 Å². The van der Waals surface area contributed by atoms with Crippen molar-refractivity contribution in [3.8, 4) is 5.75 Å². The quantitative estimate of drug-likeness (QED) is 0.890. The van der Waals surface area contributed by atoms with E-state index in [9.17, 15) is 4.79 Å². The molecule has 0 aliphatic rings. The Bertz CT molecular complexity index is 650. The van der Waals surface area contributed by atoms with E-state index in [1.807, 2.05) is 50.2 Å². The highest BCUT2D eigenvalue weighted by atomic mass is 16.5. The van der Waals surface area contributed by atoms with Crippen molar-refractivity contribution in [2.45, 2.75) is 19.8 Å². The van der Waals surface area contributed by atoms with Gasteiger partial charge in [-0.05, 0) is 42.3 Å². The zero-order valence-corrected chi connectivity index (χ0v) is 13.1. The van der Waals surface area contributed by atoms with E-state index < -0.39 is 0 Å². The van der Waals surface area contributed by atoms with E-state index >= 15 is 0 Å². The number of aliphatic hydroxyl groups excluding tert-OH is 1. The van der Waals surface area contributed by atoms with E-state index in [1.165, 1.54) is 0 Å². The predicted molar refractivity (Wildman–Crippen MR) is 87.6 cm³/mol. The Labute approximate surface area is 130 Å². The molecule has 0 fully saturated rings. The normalized spacial score (nSPS) is 11.8. The van der Waals surface area contributed by atoms with Crippen molar-refractivity contribution in [1.29, 1.82) is 0 Å². The Morgan fingerprint density at radius 3 is 2.50 bits per heavy atom. The van der Waals surface area contributed by atoms with Gasteiger partial charge in [-0.25, -0.2) is 0 Å². The van der Waals surface area contributed by atoms with Crippen LogP contribution in [0.2, 0.25) is 0 Å². The standard InChI is InChI=1S/C18H21NO3/c1-12-4-9-16(22-3)10-17(12)18(21)19-15-7-5-14(6-8-15)13(2)11-20/h4-10,13,20H,11H2,1-3H3,(H,19,21). The van der Waals surface area contributed by atoms with Crippen LogP contribution in [0.15, 0.2) is 42.5 Å². The summed E-state index contributed by atoms with van der Waals surface area (Å²) in [5.41, 5.74) is 3.25. The van der Waals surface area contributed by atoms with Gasteiger partial charge < -0.3 is 15.2 Å². The number of ether oxygens (including phenoxy) is 1. The van der Waals surface area contributed by atoms with Gasteiger partial charge in [-0.15, -0.1) is 0 Å². The Hall–Kier alpha value is -2.33. The Morgan fingerprint density at radius 2 is 1.91 bits per heavy atom. The van der Waals surface area contributed by atoms with Crippen molar-refractivity contribution < 1.29 is 14.6 Å². The van der Waals surface area contributed by atoms with Gasteiger partial charge >= 0.3 is 0 Å². The molecule has 0 bridgehead atoms. The van der Waals surface area contributed by atoms with Gasteiger partial charge in [0, 0.05) is 23.8 Å². The maximum absolute atomic E-state index is 12.4. The highest BCUT2D eigenvalue weighted by molar-refractivity contribution is 6.05. The molecule has 0 saturated carbocycles. The van der Waals surface area contributed by atoms with E-state index in [2.05, 4.69) is 5.32 Å². The Morgan fingerprint density at radius 1 is 1.23 bits per heavy atom. The largest absolute Gasteiger partial charge is 0.497 e. The van der Waals surface area contributed by atoms with E-state index in [-0.39, 0.29) is 18.4 Å². The number of carbonyl (C=O) groups excluding carboxylic acids is 1. The fourth-order valence-electron chi connectivity index (χ4n) is 2.17. The number of aryl methyl sites for hydroxylation is 1. The molecule has 4 nitrogen and oxygen atoms in total. The molecule has 0 aliphatic heterocycles. The Kier molecular flexibility index (Phi) is 5.17. The van der Waals surface area contributed by atoms with Gasteiger partial charge in [0.05, 0.1) is 7.11 Å². The van der Waals surface area contributed by atoms with Crippen LogP contribution in [-0.4, -0.2) is 24.7 Å². The van der Waals surface area contributed by atoms with Crippen LogP contribution in [0.4, 0.5) is 5.69 Å².